The largest absolute Gasteiger partial charge is 0.534 e. The molecular formula is C14H13F3O4S2. The fourth-order valence-electron chi connectivity index (χ4n) is 1.71. The van der Waals surface area contributed by atoms with E-state index in [1.165, 1.54) is 19.2 Å². The standard InChI is InChI=1S/C14H11F3O4S.H2S/c1-20-11-8-6-10(7-9-11)12-4-2-3-5-13(12)21-22(18,19)14(15,16)17;/h2-9H,1H3;1H2. The molecule has 0 aliphatic carbocycles. The van der Waals surface area contributed by atoms with E-state index in [-0.39, 0.29) is 19.1 Å². The van der Waals surface area contributed by atoms with E-state index in [4.69, 9.17) is 4.74 Å². The monoisotopic (exact) mass is 366 g/mol. The molecule has 0 unspecified atom stereocenters. The van der Waals surface area contributed by atoms with Crippen molar-refractivity contribution in [3.8, 4) is 22.6 Å². The summed E-state index contributed by atoms with van der Waals surface area (Å²) < 4.78 is 68.8. The molecular weight excluding hydrogens is 353 g/mol. The van der Waals surface area contributed by atoms with Crippen molar-refractivity contribution in [3.63, 3.8) is 0 Å². The predicted octanol–water partition coefficient (Wildman–Crippen LogP) is 3.70. The molecule has 0 amide bonds. The van der Waals surface area contributed by atoms with Crippen LogP contribution in [-0.2, 0) is 10.1 Å². The van der Waals surface area contributed by atoms with Gasteiger partial charge < -0.3 is 8.92 Å². The first-order chi connectivity index (χ1) is 10.2. The summed E-state index contributed by atoms with van der Waals surface area (Å²) in [5.74, 6) is 0.162. The van der Waals surface area contributed by atoms with Gasteiger partial charge in [-0.1, -0.05) is 30.3 Å². The second kappa shape index (κ2) is 7.14. The van der Waals surface area contributed by atoms with E-state index in [0.717, 1.165) is 6.07 Å². The quantitative estimate of drug-likeness (QED) is 0.612. The maximum absolute atomic E-state index is 12.4. The third-order valence-corrected chi connectivity index (χ3v) is 3.74. The highest BCUT2D eigenvalue weighted by atomic mass is 32.2. The highest BCUT2D eigenvalue weighted by molar-refractivity contribution is 7.88. The number of hydrogen-bond acceptors (Lipinski definition) is 4. The SMILES string of the molecule is COc1ccc(-c2ccccc2OS(=O)(=O)C(F)(F)F)cc1.S. The molecule has 0 aliphatic rings. The third-order valence-electron chi connectivity index (χ3n) is 2.77. The van der Waals surface area contributed by atoms with Crippen LogP contribution in [0.25, 0.3) is 11.1 Å². The lowest BCUT2D eigenvalue weighted by molar-refractivity contribution is -0.0499. The summed E-state index contributed by atoms with van der Waals surface area (Å²) in [7, 11) is -4.24. The highest BCUT2D eigenvalue weighted by Crippen LogP contribution is 2.34. The van der Waals surface area contributed by atoms with Crippen molar-refractivity contribution >= 4 is 23.6 Å². The van der Waals surface area contributed by atoms with Crippen molar-refractivity contribution in [1.82, 2.24) is 0 Å². The van der Waals surface area contributed by atoms with Gasteiger partial charge in [-0.05, 0) is 23.8 Å². The van der Waals surface area contributed by atoms with E-state index in [0.29, 0.717) is 11.3 Å². The Bertz CT molecular complexity index is 756. The molecule has 4 nitrogen and oxygen atoms in total. The van der Waals surface area contributed by atoms with Crippen LogP contribution in [0.2, 0.25) is 0 Å². The van der Waals surface area contributed by atoms with Crippen LogP contribution in [0.1, 0.15) is 0 Å². The lowest BCUT2D eigenvalue weighted by Crippen LogP contribution is -2.28. The van der Waals surface area contributed by atoms with Gasteiger partial charge in [0.15, 0.2) is 5.75 Å². The van der Waals surface area contributed by atoms with Crippen LogP contribution in [-0.4, -0.2) is 21.0 Å². The van der Waals surface area contributed by atoms with Gasteiger partial charge in [0.1, 0.15) is 5.75 Å². The number of methoxy groups -OCH3 is 1. The fraction of sp³-hybridized carbons (Fsp3) is 0.143. The van der Waals surface area contributed by atoms with Gasteiger partial charge in [-0.2, -0.15) is 35.1 Å². The molecule has 0 aromatic heterocycles. The maximum atomic E-state index is 12.4. The Morgan fingerprint density at radius 1 is 0.957 bits per heavy atom. The average Bonchev–Trinajstić information content (AvgIpc) is 2.46. The first-order valence-electron chi connectivity index (χ1n) is 5.99. The van der Waals surface area contributed by atoms with Crippen molar-refractivity contribution in [2.45, 2.75) is 5.51 Å². The zero-order chi connectivity index (χ0) is 16.4. The molecule has 0 heterocycles. The lowest BCUT2D eigenvalue weighted by atomic mass is 10.0. The number of benzene rings is 2. The summed E-state index contributed by atoms with van der Waals surface area (Å²) in [6, 6.07) is 11.9. The summed E-state index contributed by atoms with van der Waals surface area (Å²) in [5.41, 5.74) is -4.77. The molecule has 23 heavy (non-hydrogen) atoms. The molecule has 2 rings (SSSR count). The van der Waals surface area contributed by atoms with Gasteiger partial charge in [-0.3, -0.25) is 0 Å². The Balaban J connectivity index is 0.00000264. The summed E-state index contributed by atoms with van der Waals surface area (Å²) in [6.45, 7) is 0. The van der Waals surface area contributed by atoms with Crippen molar-refractivity contribution in [2.24, 2.45) is 0 Å². The number of rotatable bonds is 4. The number of halogens is 3. The molecule has 9 heteroatoms. The van der Waals surface area contributed by atoms with Gasteiger partial charge in [-0.15, -0.1) is 0 Å². The molecule has 0 saturated carbocycles. The molecule has 0 N–H and O–H groups in total. The molecule has 0 atom stereocenters. The van der Waals surface area contributed by atoms with E-state index in [1.54, 1.807) is 30.3 Å². The minimum Gasteiger partial charge on any atom is -0.497 e. The van der Waals surface area contributed by atoms with E-state index in [1.807, 2.05) is 0 Å². The Morgan fingerprint density at radius 3 is 2.04 bits per heavy atom. The molecule has 2 aromatic rings. The van der Waals surface area contributed by atoms with Gasteiger partial charge in [0.25, 0.3) is 0 Å². The smallest absolute Gasteiger partial charge is 0.497 e. The Hall–Kier alpha value is -1.87. The van der Waals surface area contributed by atoms with Gasteiger partial charge in [-0.25, -0.2) is 0 Å². The fourth-order valence-corrected chi connectivity index (χ4v) is 2.19. The first-order valence-corrected chi connectivity index (χ1v) is 7.39. The summed E-state index contributed by atoms with van der Waals surface area (Å²) in [4.78, 5) is 0. The van der Waals surface area contributed by atoms with E-state index in [2.05, 4.69) is 4.18 Å². The number of hydrogen-bond donors (Lipinski definition) is 0. The van der Waals surface area contributed by atoms with Gasteiger partial charge in [0.05, 0.1) is 7.11 Å². The number of para-hydroxylation sites is 1. The molecule has 126 valence electrons. The normalized spacial score (nSPS) is 11.5. The minimum atomic E-state index is -5.72. The second-order valence-electron chi connectivity index (χ2n) is 4.21. The third kappa shape index (κ3) is 4.32. The molecule has 0 bridgehead atoms. The van der Waals surface area contributed by atoms with Gasteiger partial charge in [0.2, 0.25) is 0 Å². The molecule has 0 fully saturated rings. The predicted molar refractivity (Wildman–Crippen MR) is 84.4 cm³/mol. The van der Waals surface area contributed by atoms with E-state index >= 15 is 0 Å². The van der Waals surface area contributed by atoms with Crippen molar-refractivity contribution in [1.29, 1.82) is 0 Å². The van der Waals surface area contributed by atoms with Crippen LogP contribution in [0.3, 0.4) is 0 Å². The maximum Gasteiger partial charge on any atom is 0.534 e. The van der Waals surface area contributed by atoms with Crippen LogP contribution < -0.4 is 8.92 Å². The lowest BCUT2D eigenvalue weighted by Gasteiger charge is -2.13. The second-order valence-corrected chi connectivity index (χ2v) is 5.75. The van der Waals surface area contributed by atoms with E-state index in [9.17, 15) is 21.6 Å². The van der Waals surface area contributed by atoms with Gasteiger partial charge in [0, 0.05) is 5.56 Å². The van der Waals surface area contributed by atoms with Crippen LogP contribution in [0.5, 0.6) is 11.5 Å². The Labute approximate surface area is 138 Å². The summed E-state index contributed by atoms with van der Waals surface area (Å²) >= 11 is 0. The van der Waals surface area contributed by atoms with Crippen molar-refractivity contribution in [2.75, 3.05) is 7.11 Å². The Morgan fingerprint density at radius 2 is 1.52 bits per heavy atom. The van der Waals surface area contributed by atoms with E-state index < -0.39 is 21.4 Å². The number of ether oxygens (including phenoxy) is 1. The van der Waals surface area contributed by atoms with Crippen molar-refractivity contribution in [3.05, 3.63) is 48.5 Å². The summed E-state index contributed by atoms with van der Waals surface area (Å²) in [6.07, 6.45) is 0. The zero-order valence-corrected chi connectivity index (χ0v) is 13.6. The molecule has 0 spiro atoms. The molecule has 0 saturated heterocycles. The van der Waals surface area contributed by atoms with Crippen LogP contribution in [0.4, 0.5) is 13.2 Å². The highest BCUT2D eigenvalue weighted by Gasteiger charge is 2.48. The van der Waals surface area contributed by atoms with Gasteiger partial charge >= 0.3 is 15.6 Å². The Kier molecular flexibility index (Phi) is 5.95. The van der Waals surface area contributed by atoms with Crippen LogP contribution in [0.15, 0.2) is 48.5 Å². The number of alkyl halides is 3. The topological polar surface area (TPSA) is 52.6 Å². The zero-order valence-electron chi connectivity index (χ0n) is 11.8. The first kappa shape index (κ1) is 19.2. The van der Waals surface area contributed by atoms with Crippen LogP contribution in [0, 0.1) is 0 Å². The van der Waals surface area contributed by atoms with Crippen LogP contribution >= 0.6 is 13.5 Å². The minimum absolute atomic E-state index is 0. The summed E-state index contributed by atoms with van der Waals surface area (Å²) in [5, 5.41) is 0. The molecule has 2 aromatic carbocycles. The molecule has 0 radical (unpaired) electrons. The van der Waals surface area contributed by atoms with Crippen molar-refractivity contribution < 1.29 is 30.5 Å². The average molecular weight is 366 g/mol. The molecule has 0 aliphatic heterocycles.